The third-order valence-corrected chi connectivity index (χ3v) is 4.75. The maximum Gasteiger partial charge on any atom is 0.194 e. The fraction of sp³-hybridized carbons (Fsp3) is 0.250. The Kier molecular flexibility index (Phi) is 5.92. The molecule has 1 atom stereocenters. The average Bonchev–Trinajstić information content (AvgIpc) is 2.95. The quantitative estimate of drug-likeness (QED) is 0.673. The van der Waals surface area contributed by atoms with Crippen molar-refractivity contribution in [2.45, 2.75) is 4.90 Å². The number of hydrogen-bond acceptors (Lipinski definition) is 5. The normalized spacial score (nSPS) is 12.1. The van der Waals surface area contributed by atoms with E-state index in [1.165, 1.54) is 23.5 Å². The molecule has 2 aromatic rings. The second kappa shape index (κ2) is 7.69. The van der Waals surface area contributed by atoms with E-state index >= 15 is 0 Å². The molecule has 0 radical (unpaired) electrons. The maximum absolute atomic E-state index is 14.1. The van der Waals surface area contributed by atoms with Gasteiger partial charge in [0.1, 0.15) is 5.82 Å². The van der Waals surface area contributed by atoms with Crippen molar-refractivity contribution < 1.29 is 8.60 Å². The number of benzene rings is 1. The zero-order valence-corrected chi connectivity index (χ0v) is 13.5. The van der Waals surface area contributed by atoms with Gasteiger partial charge in [-0.15, -0.1) is 11.3 Å². The van der Waals surface area contributed by atoms with Crippen LogP contribution in [0, 0.1) is 5.82 Å². The third kappa shape index (κ3) is 4.37. The fourth-order valence-corrected chi connectivity index (χ4v) is 3.41. The lowest BCUT2D eigenvalue weighted by atomic mass is 10.3. The van der Waals surface area contributed by atoms with Crippen LogP contribution in [-0.2, 0) is 11.0 Å². The summed E-state index contributed by atoms with van der Waals surface area (Å²) in [6, 6.07) is 2.60. The van der Waals surface area contributed by atoms with Crippen molar-refractivity contribution in [1.29, 1.82) is 0 Å². The van der Waals surface area contributed by atoms with Gasteiger partial charge in [-0.25, -0.2) is 13.6 Å². The second-order valence-electron chi connectivity index (χ2n) is 4.00. The highest BCUT2D eigenvalue weighted by Crippen LogP contribution is 2.28. The summed E-state index contributed by atoms with van der Waals surface area (Å²) in [5.41, 5.74) is 0.472. The first kappa shape index (κ1) is 16.2. The Bertz CT molecular complexity index is 624. The van der Waals surface area contributed by atoms with Crippen LogP contribution in [0.4, 0.5) is 15.2 Å². The number of nitrogens with one attached hydrogen (secondary N) is 3. The van der Waals surface area contributed by atoms with Gasteiger partial charge in [0.15, 0.2) is 16.1 Å². The summed E-state index contributed by atoms with van der Waals surface area (Å²) in [5.74, 6) is -0.589. The van der Waals surface area contributed by atoms with Crippen LogP contribution in [0.3, 0.4) is 0 Å². The number of anilines is 2. The smallest absolute Gasteiger partial charge is 0.194 e. The van der Waals surface area contributed by atoms with Gasteiger partial charge in [-0.2, -0.15) is 0 Å². The molecule has 0 aliphatic carbocycles. The molecule has 114 valence electrons. The Morgan fingerprint density at radius 2 is 2.24 bits per heavy atom. The molecule has 1 unspecified atom stereocenters. The Morgan fingerprint density at radius 3 is 2.90 bits per heavy atom. The minimum absolute atomic E-state index is 0.00522. The molecule has 0 aliphatic rings. The van der Waals surface area contributed by atoms with Crippen molar-refractivity contribution in [3.05, 3.63) is 34.5 Å². The molecule has 5 nitrogen and oxygen atoms in total. The van der Waals surface area contributed by atoms with E-state index in [1.54, 1.807) is 11.6 Å². The largest absolute Gasteiger partial charge is 0.382 e. The van der Waals surface area contributed by atoms with Crippen LogP contribution < -0.4 is 15.4 Å². The van der Waals surface area contributed by atoms with Crippen molar-refractivity contribution in [2.24, 2.45) is 0 Å². The van der Waals surface area contributed by atoms with E-state index in [-0.39, 0.29) is 4.90 Å². The summed E-state index contributed by atoms with van der Waals surface area (Å²) in [4.78, 5) is 3.94. The minimum Gasteiger partial charge on any atom is -0.382 e. The van der Waals surface area contributed by atoms with E-state index in [9.17, 15) is 8.60 Å². The van der Waals surface area contributed by atoms with Crippen molar-refractivity contribution in [1.82, 2.24) is 10.3 Å². The van der Waals surface area contributed by atoms with E-state index in [4.69, 9.17) is 11.6 Å². The topological polar surface area (TPSA) is 66.0 Å². The van der Waals surface area contributed by atoms with Gasteiger partial charge in [-0.05, 0) is 19.2 Å². The molecule has 0 fully saturated rings. The molecular weight excluding hydrogens is 335 g/mol. The Morgan fingerprint density at radius 1 is 1.43 bits per heavy atom. The molecule has 0 spiro atoms. The van der Waals surface area contributed by atoms with Crippen molar-refractivity contribution in [3.8, 4) is 0 Å². The van der Waals surface area contributed by atoms with Gasteiger partial charge in [0, 0.05) is 24.7 Å². The fourth-order valence-electron chi connectivity index (χ4n) is 1.54. The molecule has 0 saturated carbocycles. The lowest BCUT2D eigenvalue weighted by Gasteiger charge is -2.11. The average molecular weight is 349 g/mol. The van der Waals surface area contributed by atoms with Crippen LogP contribution in [0.2, 0.25) is 5.02 Å². The molecule has 0 saturated heterocycles. The van der Waals surface area contributed by atoms with Crippen LogP contribution in [0.15, 0.2) is 28.6 Å². The number of rotatable bonds is 7. The van der Waals surface area contributed by atoms with E-state index in [2.05, 4.69) is 20.3 Å². The van der Waals surface area contributed by atoms with Crippen LogP contribution in [0.25, 0.3) is 0 Å². The lowest BCUT2D eigenvalue weighted by molar-refractivity contribution is 0.596. The van der Waals surface area contributed by atoms with Crippen molar-refractivity contribution in [2.75, 3.05) is 30.2 Å². The first-order valence-electron chi connectivity index (χ1n) is 6.07. The molecule has 0 amide bonds. The van der Waals surface area contributed by atoms with Crippen molar-refractivity contribution in [3.63, 3.8) is 0 Å². The standard InChI is InChI=1S/C12H14ClFN4OS2/c1-15-2-3-16-10-7-9(14)11(6-8(10)13)21(19)18-12-17-4-5-20-12/h4-7,15-16H,2-3H2,1H3,(H,17,18). The van der Waals surface area contributed by atoms with Crippen LogP contribution in [-0.4, -0.2) is 29.3 Å². The predicted octanol–water partition coefficient (Wildman–Crippen LogP) is 2.70. The number of aromatic nitrogens is 1. The molecule has 3 N–H and O–H groups in total. The SMILES string of the molecule is CNCCNc1cc(F)c(S(=O)Nc2nccs2)cc1Cl. The van der Waals surface area contributed by atoms with Gasteiger partial charge >= 0.3 is 0 Å². The summed E-state index contributed by atoms with van der Waals surface area (Å²) < 4.78 is 28.8. The summed E-state index contributed by atoms with van der Waals surface area (Å²) in [6.07, 6.45) is 1.57. The number of hydrogen-bond donors (Lipinski definition) is 3. The van der Waals surface area contributed by atoms with Crippen molar-refractivity contribution >= 4 is 44.7 Å². The minimum atomic E-state index is -1.75. The Labute approximate surface area is 133 Å². The van der Waals surface area contributed by atoms with Gasteiger partial charge in [0.2, 0.25) is 0 Å². The molecule has 9 heteroatoms. The molecule has 21 heavy (non-hydrogen) atoms. The zero-order valence-electron chi connectivity index (χ0n) is 11.2. The van der Waals surface area contributed by atoms with E-state index < -0.39 is 16.8 Å². The van der Waals surface area contributed by atoms with Gasteiger partial charge in [-0.3, -0.25) is 4.72 Å². The van der Waals surface area contributed by atoms with Crippen LogP contribution in [0.1, 0.15) is 0 Å². The summed E-state index contributed by atoms with van der Waals surface area (Å²) >= 11 is 7.36. The summed E-state index contributed by atoms with van der Waals surface area (Å²) in [5, 5.41) is 8.47. The van der Waals surface area contributed by atoms with E-state index in [0.717, 1.165) is 6.54 Å². The predicted molar refractivity (Wildman–Crippen MR) is 86.0 cm³/mol. The molecule has 2 rings (SSSR count). The monoisotopic (exact) mass is 348 g/mol. The molecule has 1 aromatic heterocycles. The highest BCUT2D eigenvalue weighted by atomic mass is 35.5. The molecule has 0 bridgehead atoms. The highest BCUT2D eigenvalue weighted by molar-refractivity contribution is 7.86. The zero-order chi connectivity index (χ0) is 15.2. The van der Waals surface area contributed by atoms with E-state index in [0.29, 0.717) is 22.4 Å². The second-order valence-corrected chi connectivity index (χ2v) is 6.48. The van der Waals surface area contributed by atoms with Gasteiger partial charge in [0.05, 0.1) is 15.6 Å². The van der Waals surface area contributed by atoms with Gasteiger partial charge < -0.3 is 10.6 Å². The lowest BCUT2D eigenvalue weighted by Crippen LogP contribution is -2.18. The Balaban J connectivity index is 2.13. The highest BCUT2D eigenvalue weighted by Gasteiger charge is 2.15. The number of thiazole rings is 1. The van der Waals surface area contributed by atoms with Gasteiger partial charge in [-0.1, -0.05) is 11.6 Å². The van der Waals surface area contributed by atoms with Crippen LogP contribution >= 0.6 is 22.9 Å². The molecule has 0 aliphatic heterocycles. The first-order chi connectivity index (χ1) is 10.1. The molecule has 1 heterocycles. The molecule has 1 aromatic carbocycles. The first-order valence-corrected chi connectivity index (χ1v) is 8.48. The van der Waals surface area contributed by atoms with E-state index in [1.807, 2.05) is 7.05 Å². The molecular formula is C12H14ClFN4OS2. The summed E-state index contributed by atoms with van der Waals surface area (Å²) in [6.45, 7) is 1.33. The maximum atomic E-state index is 14.1. The third-order valence-electron chi connectivity index (χ3n) is 2.52. The number of likely N-dealkylation sites (N-methyl/N-ethyl adjacent to an activating group) is 1. The Hall–Kier alpha value is -1.22. The van der Waals surface area contributed by atoms with Crippen LogP contribution in [0.5, 0.6) is 0 Å². The van der Waals surface area contributed by atoms with Gasteiger partial charge in [0.25, 0.3) is 0 Å². The number of halogens is 2. The summed E-state index contributed by atoms with van der Waals surface area (Å²) in [7, 11) is 0.0680. The number of nitrogens with zero attached hydrogens (tertiary/aromatic N) is 1.